The van der Waals surface area contributed by atoms with Crippen LogP contribution in [0.15, 0.2) is 41.3 Å². The molecule has 0 aliphatic carbocycles. The minimum absolute atomic E-state index is 0.0461. The first-order valence-corrected chi connectivity index (χ1v) is 8.95. The van der Waals surface area contributed by atoms with E-state index in [2.05, 4.69) is 10.0 Å². The van der Waals surface area contributed by atoms with Crippen molar-refractivity contribution in [2.45, 2.75) is 37.2 Å². The first kappa shape index (κ1) is 20.1. The molecule has 24 heavy (non-hydrogen) atoms. The fourth-order valence-electron chi connectivity index (χ4n) is 1.76. The number of carboxylic acid groups (broad SMARTS) is 1. The number of carbonyl (C=O) groups is 2. The lowest BCUT2D eigenvalue weighted by molar-refractivity contribution is -0.141. The molecular weight excluding hydrogens is 356 g/mol. The third-order valence-electron chi connectivity index (χ3n) is 3.07. The molecule has 9 heteroatoms. The molecule has 0 aromatic heterocycles. The van der Waals surface area contributed by atoms with Crippen LogP contribution in [0.3, 0.4) is 0 Å². The summed E-state index contributed by atoms with van der Waals surface area (Å²) in [6.45, 7) is 3.06. The van der Waals surface area contributed by atoms with Gasteiger partial charge in [0.2, 0.25) is 15.9 Å². The molecule has 2 atom stereocenters. The first-order valence-electron chi connectivity index (χ1n) is 7.09. The Morgan fingerprint density at radius 2 is 1.88 bits per heavy atom. The maximum Gasteiger partial charge on any atom is 0.326 e. The molecule has 3 N–H and O–H groups in total. The van der Waals surface area contributed by atoms with E-state index in [4.69, 9.17) is 16.7 Å². The van der Waals surface area contributed by atoms with Crippen molar-refractivity contribution in [3.63, 3.8) is 0 Å². The van der Waals surface area contributed by atoms with Crippen LogP contribution in [0.4, 0.5) is 0 Å². The average molecular weight is 375 g/mol. The van der Waals surface area contributed by atoms with Gasteiger partial charge in [0.25, 0.3) is 0 Å². The lowest BCUT2D eigenvalue weighted by Gasteiger charge is -2.18. The Morgan fingerprint density at radius 3 is 2.38 bits per heavy atom. The van der Waals surface area contributed by atoms with Gasteiger partial charge in [0.1, 0.15) is 6.04 Å². The number of hydrogen-bond donors (Lipinski definition) is 3. The molecule has 0 heterocycles. The predicted octanol–water partition coefficient (Wildman–Crippen LogP) is 1.54. The highest BCUT2D eigenvalue weighted by Crippen LogP contribution is 2.14. The Kier molecular flexibility index (Phi) is 7.40. The summed E-state index contributed by atoms with van der Waals surface area (Å²) in [5.74, 6) is -1.93. The molecule has 0 radical (unpaired) electrons. The van der Waals surface area contributed by atoms with Crippen LogP contribution in [-0.2, 0) is 19.6 Å². The summed E-state index contributed by atoms with van der Waals surface area (Å²) in [6, 6.07) is 3.17. The smallest absolute Gasteiger partial charge is 0.326 e. The van der Waals surface area contributed by atoms with Gasteiger partial charge in [-0.05, 0) is 44.5 Å². The zero-order valence-electron chi connectivity index (χ0n) is 13.2. The van der Waals surface area contributed by atoms with Gasteiger partial charge in [-0.1, -0.05) is 23.8 Å². The van der Waals surface area contributed by atoms with Gasteiger partial charge in [-0.3, -0.25) is 4.79 Å². The number of carboxylic acids is 1. The van der Waals surface area contributed by atoms with Gasteiger partial charge in [0.05, 0.1) is 10.9 Å². The summed E-state index contributed by atoms with van der Waals surface area (Å²) >= 11 is 5.71. The quantitative estimate of drug-likeness (QED) is 0.597. The lowest BCUT2D eigenvalue weighted by Crippen LogP contribution is -2.50. The third kappa shape index (κ3) is 5.95. The number of nitrogens with one attached hydrogen (secondary N) is 2. The maximum atomic E-state index is 12.2. The molecule has 132 valence electrons. The second-order valence-corrected chi connectivity index (χ2v) is 7.15. The number of carbonyl (C=O) groups excluding carboxylic acids is 1. The maximum absolute atomic E-state index is 12.2. The van der Waals surface area contributed by atoms with Crippen molar-refractivity contribution in [1.82, 2.24) is 10.0 Å². The van der Waals surface area contributed by atoms with Crippen molar-refractivity contribution >= 4 is 33.5 Å². The number of halogens is 1. The van der Waals surface area contributed by atoms with E-state index in [0.717, 1.165) is 0 Å². The van der Waals surface area contributed by atoms with E-state index >= 15 is 0 Å². The molecule has 0 aliphatic rings. The molecule has 1 aromatic rings. The number of benzene rings is 1. The molecule has 1 rings (SSSR count). The van der Waals surface area contributed by atoms with Crippen LogP contribution in [0.2, 0.25) is 5.02 Å². The van der Waals surface area contributed by atoms with Crippen LogP contribution in [0.5, 0.6) is 0 Å². The fraction of sp³-hybridized carbons (Fsp3) is 0.333. The van der Waals surface area contributed by atoms with E-state index in [1.165, 1.54) is 31.2 Å². The highest BCUT2D eigenvalue weighted by molar-refractivity contribution is 7.89. The summed E-state index contributed by atoms with van der Waals surface area (Å²) < 4.78 is 26.6. The minimum Gasteiger partial charge on any atom is -0.480 e. The Labute approximate surface area is 145 Å². The van der Waals surface area contributed by atoms with Crippen molar-refractivity contribution in [3.05, 3.63) is 41.4 Å². The Bertz CT molecular complexity index is 716. The van der Waals surface area contributed by atoms with Crippen LogP contribution in [0, 0.1) is 0 Å². The SMILES string of the molecule is C/C=C/CC(NC(=O)C(C)NS(=O)(=O)c1ccc(Cl)cc1)C(=O)O. The van der Waals surface area contributed by atoms with Gasteiger partial charge in [-0.2, -0.15) is 4.72 Å². The normalized spacial score (nSPS) is 14.3. The summed E-state index contributed by atoms with van der Waals surface area (Å²) in [5, 5.41) is 11.7. The van der Waals surface area contributed by atoms with E-state index in [1.807, 2.05) is 0 Å². The zero-order chi connectivity index (χ0) is 18.3. The minimum atomic E-state index is -3.93. The third-order valence-corrected chi connectivity index (χ3v) is 4.88. The molecule has 0 spiro atoms. The number of rotatable bonds is 8. The second-order valence-electron chi connectivity index (χ2n) is 5.00. The molecule has 0 aliphatic heterocycles. The van der Waals surface area contributed by atoms with E-state index in [9.17, 15) is 18.0 Å². The monoisotopic (exact) mass is 374 g/mol. The van der Waals surface area contributed by atoms with Crippen LogP contribution in [-0.4, -0.2) is 37.5 Å². The van der Waals surface area contributed by atoms with Crippen molar-refractivity contribution in [2.75, 3.05) is 0 Å². The average Bonchev–Trinajstić information content (AvgIpc) is 2.50. The van der Waals surface area contributed by atoms with E-state index in [0.29, 0.717) is 5.02 Å². The Morgan fingerprint density at radius 1 is 1.29 bits per heavy atom. The highest BCUT2D eigenvalue weighted by atomic mass is 35.5. The van der Waals surface area contributed by atoms with Gasteiger partial charge >= 0.3 is 5.97 Å². The van der Waals surface area contributed by atoms with E-state index < -0.39 is 34.0 Å². The van der Waals surface area contributed by atoms with Crippen LogP contribution >= 0.6 is 11.6 Å². The lowest BCUT2D eigenvalue weighted by atomic mass is 10.2. The molecule has 0 saturated heterocycles. The van der Waals surface area contributed by atoms with Crippen molar-refractivity contribution in [1.29, 1.82) is 0 Å². The summed E-state index contributed by atoms with van der Waals surface area (Å²) in [6.07, 6.45) is 3.37. The Balaban J connectivity index is 2.78. The topological polar surface area (TPSA) is 113 Å². The second kappa shape index (κ2) is 8.81. The number of allylic oxidation sites excluding steroid dienone is 1. The highest BCUT2D eigenvalue weighted by Gasteiger charge is 2.25. The molecule has 0 saturated carbocycles. The molecule has 0 bridgehead atoms. The van der Waals surface area contributed by atoms with E-state index in [-0.39, 0.29) is 11.3 Å². The number of aliphatic carboxylic acids is 1. The van der Waals surface area contributed by atoms with Crippen molar-refractivity contribution < 1.29 is 23.1 Å². The largest absolute Gasteiger partial charge is 0.480 e. The number of hydrogen-bond acceptors (Lipinski definition) is 4. The van der Waals surface area contributed by atoms with Crippen LogP contribution in [0.25, 0.3) is 0 Å². The zero-order valence-corrected chi connectivity index (χ0v) is 14.8. The van der Waals surface area contributed by atoms with Crippen LogP contribution in [0.1, 0.15) is 20.3 Å². The van der Waals surface area contributed by atoms with Crippen molar-refractivity contribution in [3.8, 4) is 0 Å². The molecule has 0 fully saturated rings. The number of sulfonamides is 1. The van der Waals surface area contributed by atoms with Crippen molar-refractivity contribution in [2.24, 2.45) is 0 Å². The first-order chi connectivity index (χ1) is 11.2. The summed E-state index contributed by atoms with van der Waals surface area (Å²) in [4.78, 5) is 23.1. The number of amides is 1. The predicted molar refractivity (Wildman–Crippen MR) is 90.2 cm³/mol. The summed E-state index contributed by atoms with van der Waals surface area (Å²) in [7, 11) is -3.93. The Hall–Kier alpha value is -1.90. The van der Waals surface area contributed by atoms with Gasteiger partial charge in [-0.25, -0.2) is 13.2 Å². The van der Waals surface area contributed by atoms with Gasteiger partial charge in [0, 0.05) is 5.02 Å². The molecule has 2 unspecified atom stereocenters. The van der Waals surface area contributed by atoms with Crippen LogP contribution < -0.4 is 10.0 Å². The van der Waals surface area contributed by atoms with Gasteiger partial charge in [0.15, 0.2) is 0 Å². The summed E-state index contributed by atoms with van der Waals surface area (Å²) in [5.41, 5.74) is 0. The standard InChI is InChI=1S/C15H19ClN2O5S/c1-3-4-5-13(15(20)21)17-14(19)10(2)18-24(22,23)12-8-6-11(16)7-9-12/h3-4,6-10,13,18H,5H2,1-2H3,(H,17,19)(H,20,21)/b4-3+. The molecule has 7 nitrogen and oxygen atoms in total. The molecular formula is C15H19ClN2O5S. The van der Waals surface area contributed by atoms with E-state index in [1.54, 1.807) is 19.1 Å². The van der Waals surface area contributed by atoms with Gasteiger partial charge in [-0.15, -0.1) is 0 Å². The van der Waals surface area contributed by atoms with Gasteiger partial charge < -0.3 is 10.4 Å². The fourth-order valence-corrected chi connectivity index (χ4v) is 3.09. The molecule has 1 amide bonds. The molecule has 1 aromatic carbocycles.